The molecule has 31 heavy (non-hydrogen) atoms. The first kappa shape index (κ1) is 22.0. The zero-order valence-electron chi connectivity index (χ0n) is 18.5. The number of methoxy groups -OCH3 is 2. The Morgan fingerprint density at radius 2 is 1.58 bits per heavy atom. The third-order valence-corrected chi connectivity index (χ3v) is 7.00. The van der Waals surface area contributed by atoms with Crippen LogP contribution in [-0.2, 0) is 14.3 Å². The van der Waals surface area contributed by atoms with E-state index in [4.69, 9.17) is 9.47 Å². The van der Waals surface area contributed by atoms with Gasteiger partial charge in [-0.1, -0.05) is 55.3 Å². The van der Waals surface area contributed by atoms with Crippen molar-refractivity contribution in [2.24, 2.45) is 0 Å². The van der Waals surface area contributed by atoms with Crippen molar-refractivity contribution in [3.63, 3.8) is 0 Å². The lowest BCUT2D eigenvalue weighted by molar-refractivity contribution is -0.137. The van der Waals surface area contributed by atoms with E-state index in [0.29, 0.717) is 25.2 Å². The highest BCUT2D eigenvalue weighted by Crippen LogP contribution is 2.50. The molecule has 2 aliphatic rings. The number of ether oxygens (including phenoxy) is 2. The first-order valence-corrected chi connectivity index (χ1v) is 11.3. The summed E-state index contributed by atoms with van der Waals surface area (Å²) in [6.07, 6.45) is 4.58. The van der Waals surface area contributed by atoms with E-state index in [0.717, 1.165) is 48.2 Å². The fourth-order valence-corrected chi connectivity index (χ4v) is 5.64. The number of aliphatic carboxylic acids is 1. The van der Waals surface area contributed by atoms with E-state index in [-0.39, 0.29) is 0 Å². The first-order chi connectivity index (χ1) is 15.2. The Morgan fingerprint density at radius 3 is 2.29 bits per heavy atom. The predicted molar refractivity (Wildman–Crippen MR) is 122 cm³/mol. The van der Waals surface area contributed by atoms with Crippen molar-refractivity contribution in [1.82, 2.24) is 4.90 Å². The Morgan fingerprint density at radius 1 is 0.935 bits per heavy atom. The lowest BCUT2D eigenvalue weighted by atomic mass is 9.75. The van der Waals surface area contributed by atoms with E-state index in [1.54, 1.807) is 14.2 Å². The highest BCUT2D eigenvalue weighted by molar-refractivity contribution is 5.93. The Hall–Kier alpha value is -2.21. The van der Waals surface area contributed by atoms with Crippen molar-refractivity contribution in [2.75, 3.05) is 40.5 Å². The molecule has 0 spiro atoms. The van der Waals surface area contributed by atoms with Crippen molar-refractivity contribution < 1.29 is 19.4 Å². The van der Waals surface area contributed by atoms with E-state index in [1.807, 2.05) is 18.2 Å². The summed E-state index contributed by atoms with van der Waals surface area (Å²) >= 11 is 0. The second-order valence-corrected chi connectivity index (χ2v) is 8.65. The number of rotatable bonds is 9. The van der Waals surface area contributed by atoms with Crippen LogP contribution >= 0.6 is 0 Å². The fourth-order valence-electron chi connectivity index (χ4n) is 5.64. The van der Waals surface area contributed by atoms with Crippen LogP contribution in [0.4, 0.5) is 0 Å². The van der Waals surface area contributed by atoms with Gasteiger partial charge in [0, 0.05) is 33.4 Å². The summed E-state index contributed by atoms with van der Waals surface area (Å²) < 4.78 is 10.8. The number of carboxylic acid groups (broad SMARTS) is 1. The van der Waals surface area contributed by atoms with Crippen molar-refractivity contribution in [3.05, 3.63) is 59.2 Å². The Labute approximate surface area is 185 Å². The van der Waals surface area contributed by atoms with Crippen LogP contribution in [0.3, 0.4) is 0 Å². The number of fused-ring (bicyclic) bond motifs is 3. The molecule has 0 amide bonds. The van der Waals surface area contributed by atoms with Crippen molar-refractivity contribution >= 4 is 5.97 Å². The smallest absolute Gasteiger partial charge is 0.315 e. The van der Waals surface area contributed by atoms with Crippen LogP contribution in [0.2, 0.25) is 0 Å². The minimum Gasteiger partial charge on any atom is -0.481 e. The largest absolute Gasteiger partial charge is 0.481 e. The van der Waals surface area contributed by atoms with Crippen LogP contribution in [0.5, 0.6) is 0 Å². The van der Waals surface area contributed by atoms with Gasteiger partial charge in [0.25, 0.3) is 0 Å². The van der Waals surface area contributed by atoms with Gasteiger partial charge in [-0.2, -0.15) is 0 Å². The maximum absolute atomic E-state index is 12.4. The number of nitrogens with zero attached hydrogens (tertiary/aromatic N) is 1. The molecule has 1 saturated carbocycles. The maximum Gasteiger partial charge on any atom is 0.315 e. The highest BCUT2D eigenvalue weighted by atomic mass is 16.5. The molecular formula is C26H33NO4. The average molecular weight is 424 g/mol. The summed E-state index contributed by atoms with van der Waals surface area (Å²) in [5.41, 5.74) is 5.29. The number of benzene rings is 2. The molecule has 4 rings (SSSR count). The summed E-state index contributed by atoms with van der Waals surface area (Å²) in [4.78, 5) is 14.9. The monoisotopic (exact) mass is 423 g/mol. The van der Waals surface area contributed by atoms with Gasteiger partial charge >= 0.3 is 5.97 Å². The summed E-state index contributed by atoms with van der Waals surface area (Å²) in [5.74, 6) is -1.04. The Kier molecular flexibility index (Phi) is 7.06. The van der Waals surface area contributed by atoms with Gasteiger partial charge in [-0.05, 0) is 46.6 Å². The van der Waals surface area contributed by atoms with Gasteiger partial charge in [-0.15, -0.1) is 0 Å². The maximum atomic E-state index is 12.4. The van der Waals surface area contributed by atoms with Crippen molar-refractivity contribution in [2.45, 2.75) is 43.6 Å². The topological polar surface area (TPSA) is 59.0 Å². The van der Waals surface area contributed by atoms with Crippen LogP contribution in [0.1, 0.15) is 54.2 Å². The number of hydrogen-bond acceptors (Lipinski definition) is 4. The third kappa shape index (κ3) is 4.27. The van der Waals surface area contributed by atoms with Crippen LogP contribution in [0, 0.1) is 0 Å². The number of hydrogen-bond donors (Lipinski definition) is 1. The molecular weight excluding hydrogens is 390 g/mol. The lowest BCUT2D eigenvalue weighted by Gasteiger charge is -2.41. The molecule has 5 nitrogen and oxygen atoms in total. The molecule has 0 aromatic heterocycles. The molecule has 166 valence electrons. The molecule has 1 fully saturated rings. The number of carboxylic acids is 1. The Balaban J connectivity index is 1.76. The molecule has 3 unspecified atom stereocenters. The second kappa shape index (κ2) is 9.94. The van der Waals surface area contributed by atoms with Gasteiger partial charge in [0.05, 0.1) is 13.2 Å². The highest BCUT2D eigenvalue weighted by Gasteiger charge is 2.39. The number of carbonyl (C=O) groups is 1. The first-order valence-electron chi connectivity index (χ1n) is 11.3. The molecule has 1 N–H and O–H groups in total. The average Bonchev–Trinajstić information content (AvgIpc) is 3.14. The minimum atomic E-state index is -0.762. The summed E-state index contributed by atoms with van der Waals surface area (Å²) in [7, 11) is 3.48. The van der Waals surface area contributed by atoms with E-state index in [9.17, 15) is 9.90 Å². The zero-order valence-corrected chi connectivity index (χ0v) is 18.5. The van der Waals surface area contributed by atoms with Crippen LogP contribution in [0.15, 0.2) is 42.5 Å². The molecule has 3 atom stereocenters. The normalized spacial score (nSPS) is 22.4. The fraction of sp³-hybridized carbons (Fsp3) is 0.500. The van der Waals surface area contributed by atoms with Gasteiger partial charge < -0.3 is 14.6 Å². The van der Waals surface area contributed by atoms with E-state index >= 15 is 0 Å². The quantitative estimate of drug-likeness (QED) is 0.643. The molecule has 0 saturated heterocycles. The molecule has 0 radical (unpaired) electrons. The molecule has 5 heteroatoms. The van der Waals surface area contributed by atoms with E-state index < -0.39 is 11.9 Å². The molecule has 2 aromatic carbocycles. The molecule has 0 bridgehead atoms. The van der Waals surface area contributed by atoms with Crippen LogP contribution in [-0.4, -0.2) is 62.5 Å². The van der Waals surface area contributed by atoms with Crippen LogP contribution < -0.4 is 0 Å². The molecule has 2 aliphatic carbocycles. The SMILES string of the molecule is COCCN(CCOC)C1CCCCC1c1cccc2c1C(C(=O)O)c1ccccc1-2. The summed E-state index contributed by atoms with van der Waals surface area (Å²) in [6.45, 7) is 3.09. The zero-order chi connectivity index (χ0) is 21.8. The van der Waals surface area contributed by atoms with E-state index in [1.165, 1.54) is 18.4 Å². The Bertz CT molecular complexity index is 904. The molecule has 0 heterocycles. The summed E-state index contributed by atoms with van der Waals surface area (Å²) in [6, 6.07) is 14.7. The predicted octanol–water partition coefficient (Wildman–Crippen LogP) is 4.50. The van der Waals surface area contributed by atoms with Crippen LogP contribution in [0.25, 0.3) is 11.1 Å². The standard InChI is InChI=1S/C26H33NO4/c1-30-16-14-27(15-17-31-2)23-13-6-5-9-19(23)22-12-7-11-20-18-8-3-4-10-21(18)25(24(20)22)26(28)29/h3-4,7-8,10-12,19,23,25H,5-6,9,13-17H2,1-2H3,(H,28,29). The van der Waals surface area contributed by atoms with Gasteiger partial charge in [-0.25, -0.2) is 0 Å². The minimum absolute atomic E-state index is 0.313. The van der Waals surface area contributed by atoms with Crippen molar-refractivity contribution in [1.29, 1.82) is 0 Å². The molecule has 0 aliphatic heterocycles. The van der Waals surface area contributed by atoms with Gasteiger partial charge in [0.1, 0.15) is 5.92 Å². The molecule has 2 aromatic rings. The summed E-state index contributed by atoms with van der Waals surface area (Å²) in [5, 5.41) is 10.2. The van der Waals surface area contributed by atoms with Gasteiger partial charge in [0.15, 0.2) is 0 Å². The van der Waals surface area contributed by atoms with Gasteiger partial charge in [0.2, 0.25) is 0 Å². The third-order valence-electron chi connectivity index (χ3n) is 7.00. The van der Waals surface area contributed by atoms with Gasteiger partial charge in [-0.3, -0.25) is 9.69 Å². The van der Waals surface area contributed by atoms with Crippen molar-refractivity contribution in [3.8, 4) is 11.1 Å². The lowest BCUT2D eigenvalue weighted by Crippen LogP contribution is -2.45. The van der Waals surface area contributed by atoms with E-state index in [2.05, 4.69) is 29.2 Å². The second-order valence-electron chi connectivity index (χ2n) is 8.65.